The minimum absolute atomic E-state index is 0.0273. The zero-order valence-corrected chi connectivity index (χ0v) is 11.4. The van der Waals surface area contributed by atoms with E-state index in [0.717, 1.165) is 6.42 Å². The predicted octanol–water partition coefficient (Wildman–Crippen LogP) is -0.637. The molecule has 0 aromatic heterocycles. The van der Waals surface area contributed by atoms with Crippen LogP contribution in [0, 0.1) is 5.92 Å². The number of nitrogens with one attached hydrogen (secondary N) is 2. The number of rotatable bonds is 8. The molecule has 0 saturated carbocycles. The van der Waals surface area contributed by atoms with Gasteiger partial charge >= 0.3 is 0 Å². The Morgan fingerprint density at radius 3 is 2.39 bits per heavy atom. The van der Waals surface area contributed by atoms with Gasteiger partial charge in [-0.3, -0.25) is 9.59 Å². The van der Waals surface area contributed by atoms with Crippen LogP contribution in [0.5, 0.6) is 0 Å². The monoisotopic (exact) mass is 259 g/mol. The maximum atomic E-state index is 11.5. The molecule has 5 N–H and O–H groups in total. The number of hydrogen-bond donors (Lipinski definition) is 4. The van der Waals surface area contributed by atoms with Crippen LogP contribution >= 0.6 is 0 Å². The third kappa shape index (κ3) is 7.24. The summed E-state index contributed by atoms with van der Waals surface area (Å²) >= 11 is 0. The Bertz CT molecular complexity index is 269. The molecule has 6 nitrogen and oxygen atoms in total. The van der Waals surface area contributed by atoms with Gasteiger partial charge in [0.15, 0.2) is 0 Å². The Kier molecular flexibility index (Phi) is 8.32. The van der Waals surface area contributed by atoms with Gasteiger partial charge in [0.2, 0.25) is 11.8 Å². The fraction of sp³-hybridized carbons (Fsp3) is 0.833. The molecule has 1 unspecified atom stereocenters. The van der Waals surface area contributed by atoms with Crippen molar-refractivity contribution in [2.75, 3.05) is 13.1 Å². The van der Waals surface area contributed by atoms with E-state index in [1.165, 1.54) is 0 Å². The third-order valence-corrected chi connectivity index (χ3v) is 2.60. The second-order valence-corrected chi connectivity index (χ2v) is 4.73. The molecular weight excluding hydrogens is 234 g/mol. The van der Waals surface area contributed by atoms with Gasteiger partial charge in [-0.25, -0.2) is 0 Å². The molecule has 0 aromatic carbocycles. The molecule has 6 heteroatoms. The Labute approximate surface area is 108 Å². The van der Waals surface area contributed by atoms with Gasteiger partial charge in [-0.15, -0.1) is 0 Å². The van der Waals surface area contributed by atoms with E-state index in [2.05, 4.69) is 10.6 Å². The van der Waals surface area contributed by atoms with E-state index in [0.29, 0.717) is 6.42 Å². The zero-order valence-electron chi connectivity index (χ0n) is 11.4. The quantitative estimate of drug-likeness (QED) is 0.465. The maximum Gasteiger partial charge on any atom is 0.239 e. The first kappa shape index (κ1) is 16.9. The Morgan fingerprint density at radius 2 is 1.89 bits per heavy atom. The lowest BCUT2D eigenvalue weighted by molar-refractivity contribution is -0.127. The highest BCUT2D eigenvalue weighted by molar-refractivity contribution is 5.87. The number of carbonyl (C=O) groups is 2. The van der Waals surface area contributed by atoms with Crippen LogP contribution in [0.3, 0.4) is 0 Å². The van der Waals surface area contributed by atoms with Crippen molar-refractivity contribution in [1.29, 1.82) is 0 Å². The largest absolute Gasteiger partial charge is 0.391 e. The van der Waals surface area contributed by atoms with Gasteiger partial charge in [0.05, 0.1) is 18.7 Å². The van der Waals surface area contributed by atoms with E-state index in [1.54, 1.807) is 0 Å². The molecule has 0 fully saturated rings. The summed E-state index contributed by atoms with van der Waals surface area (Å²) in [4.78, 5) is 22.8. The first-order valence-corrected chi connectivity index (χ1v) is 6.36. The van der Waals surface area contributed by atoms with E-state index in [1.807, 2.05) is 20.8 Å². The summed E-state index contributed by atoms with van der Waals surface area (Å²) in [6.07, 6.45) is 0.967. The lowest BCUT2D eigenvalue weighted by Crippen LogP contribution is -2.47. The lowest BCUT2D eigenvalue weighted by atomic mass is 10.1. The van der Waals surface area contributed by atoms with Crippen LogP contribution in [-0.2, 0) is 9.59 Å². The number of amides is 2. The van der Waals surface area contributed by atoms with Crippen LogP contribution in [0.2, 0.25) is 0 Å². The van der Waals surface area contributed by atoms with Crippen molar-refractivity contribution in [2.24, 2.45) is 11.7 Å². The van der Waals surface area contributed by atoms with Gasteiger partial charge < -0.3 is 21.5 Å². The average Bonchev–Trinajstić information content (AvgIpc) is 2.32. The van der Waals surface area contributed by atoms with Crippen molar-refractivity contribution in [1.82, 2.24) is 10.6 Å². The van der Waals surface area contributed by atoms with Crippen LogP contribution in [0.25, 0.3) is 0 Å². The van der Waals surface area contributed by atoms with E-state index in [-0.39, 0.29) is 30.8 Å². The highest BCUT2D eigenvalue weighted by Gasteiger charge is 2.17. The van der Waals surface area contributed by atoms with Gasteiger partial charge in [-0.1, -0.05) is 27.2 Å². The van der Waals surface area contributed by atoms with Crippen molar-refractivity contribution < 1.29 is 14.7 Å². The summed E-state index contributed by atoms with van der Waals surface area (Å²) in [6.45, 7) is 5.73. The normalized spacial score (nSPS) is 14.1. The molecule has 18 heavy (non-hydrogen) atoms. The number of aliphatic hydroxyl groups excluding tert-OH is 1. The fourth-order valence-corrected chi connectivity index (χ4v) is 1.32. The molecule has 0 aliphatic rings. The topological polar surface area (TPSA) is 104 Å². The van der Waals surface area contributed by atoms with Gasteiger partial charge in [-0.2, -0.15) is 0 Å². The lowest BCUT2D eigenvalue weighted by Gasteiger charge is -2.15. The summed E-state index contributed by atoms with van der Waals surface area (Å²) in [5.41, 5.74) is 5.62. The Balaban J connectivity index is 3.80. The van der Waals surface area contributed by atoms with Crippen molar-refractivity contribution in [2.45, 2.75) is 45.8 Å². The summed E-state index contributed by atoms with van der Waals surface area (Å²) in [5.74, 6) is -0.636. The second kappa shape index (κ2) is 8.88. The molecule has 106 valence electrons. The van der Waals surface area contributed by atoms with Crippen LogP contribution < -0.4 is 16.4 Å². The molecule has 0 heterocycles. The maximum absolute atomic E-state index is 11.5. The zero-order chi connectivity index (χ0) is 14.1. The molecule has 0 aliphatic heterocycles. The van der Waals surface area contributed by atoms with E-state index in [9.17, 15) is 14.7 Å². The van der Waals surface area contributed by atoms with Crippen LogP contribution in [-0.4, -0.2) is 42.2 Å². The van der Waals surface area contributed by atoms with Crippen molar-refractivity contribution >= 4 is 11.8 Å². The van der Waals surface area contributed by atoms with E-state index < -0.39 is 12.1 Å². The van der Waals surface area contributed by atoms with Gasteiger partial charge in [0.25, 0.3) is 0 Å². The van der Waals surface area contributed by atoms with Gasteiger partial charge in [0, 0.05) is 6.54 Å². The molecule has 0 aliphatic carbocycles. The standard InChI is InChI=1S/C12H25N3O3/c1-4-5-9(16)6-14-10(17)7-15-12(18)11(13)8(2)3/h8-9,11,16H,4-7,13H2,1-3H3,(H,14,17)(H,15,18)/t9?,11-/m0/s1. The number of nitrogens with two attached hydrogens (primary N) is 1. The highest BCUT2D eigenvalue weighted by Crippen LogP contribution is 1.97. The van der Waals surface area contributed by atoms with Gasteiger partial charge in [0.1, 0.15) is 0 Å². The second-order valence-electron chi connectivity index (χ2n) is 4.73. The summed E-state index contributed by atoms with van der Waals surface area (Å²) in [5, 5.41) is 14.4. The summed E-state index contributed by atoms with van der Waals surface area (Å²) < 4.78 is 0. The molecule has 0 aromatic rings. The predicted molar refractivity (Wildman–Crippen MR) is 69.7 cm³/mol. The number of carbonyl (C=O) groups excluding carboxylic acids is 2. The number of aliphatic hydroxyl groups is 1. The highest BCUT2D eigenvalue weighted by atomic mass is 16.3. The molecule has 2 amide bonds. The fourth-order valence-electron chi connectivity index (χ4n) is 1.32. The molecule has 0 saturated heterocycles. The molecule has 2 atom stereocenters. The SMILES string of the molecule is CCCC(O)CNC(=O)CNC(=O)[C@@H](N)C(C)C. The molecule has 0 spiro atoms. The van der Waals surface area contributed by atoms with Crippen molar-refractivity contribution in [3.05, 3.63) is 0 Å². The van der Waals surface area contributed by atoms with Crippen LogP contribution in [0.15, 0.2) is 0 Å². The number of hydrogen-bond acceptors (Lipinski definition) is 4. The average molecular weight is 259 g/mol. The first-order chi connectivity index (χ1) is 8.38. The molecular formula is C12H25N3O3. The molecule has 0 radical (unpaired) electrons. The Hall–Kier alpha value is -1.14. The minimum Gasteiger partial charge on any atom is -0.391 e. The molecule has 0 rings (SSSR count). The minimum atomic E-state index is -0.608. The summed E-state index contributed by atoms with van der Waals surface area (Å²) in [7, 11) is 0. The van der Waals surface area contributed by atoms with E-state index >= 15 is 0 Å². The Morgan fingerprint density at radius 1 is 1.28 bits per heavy atom. The smallest absolute Gasteiger partial charge is 0.239 e. The first-order valence-electron chi connectivity index (χ1n) is 6.36. The van der Waals surface area contributed by atoms with Crippen LogP contribution in [0.1, 0.15) is 33.6 Å². The molecule has 0 bridgehead atoms. The van der Waals surface area contributed by atoms with Crippen molar-refractivity contribution in [3.8, 4) is 0 Å². The summed E-state index contributed by atoms with van der Waals surface area (Å²) in [6, 6.07) is -0.608. The van der Waals surface area contributed by atoms with Crippen LogP contribution in [0.4, 0.5) is 0 Å². The van der Waals surface area contributed by atoms with Gasteiger partial charge in [-0.05, 0) is 12.3 Å². The van der Waals surface area contributed by atoms with E-state index in [4.69, 9.17) is 5.73 Å². The van der Waals surface area contributed by atoms with Crippen molar-refractivity contribution in [3.63, 3.8) is 0 Å². The third-order valence-electron chi connectivity index (χ3n) is 2.60.